The predicted octanol–water partition coefficient (Wildman–Crippen LogP) is -0.332. The number of aliphatic hydroxyl groups excluding tert-OH is 1. The quantitative estimate of drug-likeness (QED) is 0.472. The molecule has 3 aliphatic rings. The minimum Gasteiger partial charge on any atom is -0.392 e. The number of nitrogens with one attached hydrogen (secondary N) is 3. The van der Waals surface area contributed by atoms with E-state index in [0.29, 0.717) is 23.9 Å². The van der Waals surface area contributed by atoms with Crippen molar-refractivity contribution in [3.05, 3.63) is 11.6 Å². The van der Waals surface area contributed by atoms with Crippen LogP contribution in [-0.2, 0) is 0 Å². The molecule has 4 nitrogen and oxygen atoms in total. The molecular weight excluding hydrogens is 214 g/mol. The molecule has 0 aliphatic carbocycles. The molecule has 5 atom stereocenters. The second-order valence-corrected chi connectivity index (χ2v) is 5.80. The van der Waals surface area contributed by atoms with Crippen molar-refractivity contribution in [2.75, 3.05) is 26.2 Å². The van der Waals surface area contributed by atoms with Crippen LogP contribution in [0.4, 0.5) is 0 Å². The van der Waals surface area contributed by atoms with Gasteiger partial charge in [0.05, 0.1) is 12.3 Å². The molecule has 0 aromatic heterocycles. The molecule has 0 aromatic rings. The lowest BCUT2D eigenvalue weighted by Crippen LogP contribution is -2.51. The summed E-state index contributed by atoms with van der Waals surface area (Å²) in [7, 11) is 0. The highest BCUT2D eigenvalue weighted by Crippen LogP contribution is 2.34. The van der Waals surface area contributed by atoms with E-state index >= 15 is 0 Å². The van der Waals surface area contributed by atoms with Crippen molar-refractivity contribution < 1.29 is 5.11 Å². The van der Waals surface area contributed by atoms with E-state index in [2.05, 4.69) is 29.0 Å². The average molecular weight is 237 g/mol. The molecule has 4 N–H and O–H groups in total. The van der Waals surface area contributed by atoms with Crippen molar-refractivity contribution in [2.24, 2.45) is 17.8 Å². The SMILES string of the molecule is C[C@H]1C=C(C2CNC3NCC(O)CC32)CNC1. The standard InChI is InChI=1S/C13H23N3O/c1-8-2-9(5-14-4-8)12-7-16-13-11(12)3-10(17)6-15-13/h2,8,10-17H,3-7H2,1H3/t8-,10?,11?,12?,13?/m0/s1. The molecule has 4 heteroatoms. The molecule has 0 amide bonds. The third kappa shape index (κ3) is 2.27. The normalized spacial score (nSPS) is 46.5. The fourth-order valence-electron chi connectivity index (χ4n) is 3.56. The molecule has 3 heterocycles. The Hall–Kier alpha value is -0.420. The maximum Gasteiger partial charge on any atom is 0.0669 e. The first kappa shape index (κ1) is 11.7. The Bertz CT molecular complexity index is 318. The third-order valence-corrected chi connectivity index (χ3v) is 4.39. The molecule has 3 aliphatic heterocycles. The lowest BCUT2D eigenvalue weighted by molar-refractivity contribution is 0.0874. The van der Waals surface area contributed by atoms with E-state index in [1.54, 1.807) is 5.57 Å². The van der Waals surface area contributed by atoms with E-state index in [9.17, 15) is 5.11 Å². The van der Waals surface area contributed by atoms with Gasteiger partial charge in [-0.3, -0.25) is 5.32 Å². The van der Waals surface area contributed by atoms with Crippen LogP contribution >= 0.6 is 0 Å². The highest BCUT2D eigenvalue weighted by atomic mass is 16.3. The summed E-state index contributed by atoms with van der Waals surface area (Å²) in [6.07, 6.45) is 3.60. The van der Waals surface area contributed by atoms with Gasteiger partial charge in [-0.25, -0.2) is 0 Å². The molecule has 17 heavy (non-hydrogen) atoms. The Kier molecular flexibility index (Phi) is 3.21. The first-order valence-corrected chi connectivity index (χ1v) is 6.80. The maximum absolute atomic E-state index is 9.80. The minimum atomic E-state index is -0.173. The van der Waals surface area contributed by atoms with Crippen molar-refractivity contribution in [3.8, 4) is 0 Å². The zero-order valence-electron chi connectivity index (χ0n) is 10.4. The Morgan fingerprint density at radius 1 is 1.24 bits per heavy atom. The van der Waals surface area contributed by atoms with Crippen LogP contribution in [0.1, 0.15) is 13.3 Å². The lowest BCUT2D eigenvalue weighted by Gasteiger charge is -2.34. The highest BCUT2D eigenvalue weighted by Gasteiger charge is 2.41. The summed E-state index contributed by atoms with van der Waals surface area (Å²) in [6.45, 7) is 6.17. The van der Waals surface area contributed by atoms with Gasteiger partial charge in [-0.2, -0.15) is 0 Å². The van der Waals surface area contributed by atoms with E-state index < -0.39 is 0 Å². The van der Waals surface area contributed by atoms with Crippen LogP contribution in [0.3, 0.4) is 0 Å². The van der Waals surface area contributed by atoms with Crippen molar-refractivity contribution in [2.45, 2.75) is 25.6 Å². The van der Waals surface area contributed by atoms with Gasteiger partial charge in [0.1, 0.15) is 0 Å². The summed E-state index contributed by atoms with van der Waals surface area (Å²) in [6, 6.07) is 0. The largest absolute Gasteiger partial charge is 0.392 e. The highest BCUT2D eigenvalue weighted by molar-refractivity contribution is 5.18. The molecule has 3 rings (SSSR count). The summed E-state index contributed by atoms with van der Waals surface area (Å²) in [5.41, 5.74) is 1.54. The van der Waals surface area contributed by atoms with Crippen molar-refractivity contribution in [1.29, 1.82) is 0 Å². The summed E-state index contributed by atoms with van der Waals surface area (Å²) in [4.78, 5) is 0. The topological polar surface area (TPSA) is 56.3 Å². The van der Waals surface area contributed by atoms with E-state index in [-0.39, 0.29) is 6.10 Å². The minimum absolute atomic E-state index is 0.173. The monoisotopic (exact) mass is 237 g/mol. The zero-order chi connectivity index (χ0) is 11.8. The number of piperidine rings is 1. The number of hydrogen-bond donors (Lipinski definition) is 4. The molecule has 0 aromatic carbocycles. The molecule has 2 saturated heterocycles. The van der Waals surface area contributed by atoms with E-state index in [1.807, 2.05) is 0 Å². The Morgan fingerprint density at radius 3 is 2.88 bits per heavy atom. The Balaban J connectivity index is 1.75. The molecule has 2 fully saturated rings. The molecule has 0 spiro atoms. The average Bonchev–Trinajstić information content (AvgIpc) is 2.71. The first-order chi connectivity index (χ1) is 8.24. The molecule has 96 valence electrons. The van der Waals surface area contributed by atoms with Crippen LogP contribution in [0.2, 0.25) is 0 Å². The molecule has 0 saturated carbocycles. The van der Waals surface area contributed by atoms with Gasteiger partial charge in [0.15, 0.2) is 0 Å². The molecule has 4 unspecified atom stereocenters. The second-order valence-electron chi connectivity index (χ2n) is 5.80. The van der Waals surface area contributed by atoms with Gasteiger partial charge in [-0.05, 0) is 24.2 Å². The third-order valence-electron chi connectivity index (χ3n) is 4.39. The fraction of sp³-hybridized carbons (Fsp3) is 0.846. The molecule has 0 radical (unpaired) electrons. The number of rotatable bonds is 1. The smallest absolute Gasteiger partial charge is 0.0669 e. The summed E-state index contributed by atoms with van der Waals surface area (Å²) >= 11 is 0. The lowest BCUT2D eigenvalue weighted by atomic mass is 9.80. The number of fused-ring (bicyclic) bond motifs is 1. The number of aliphatic hydroxyl groups is 1. The van der Waals surface area contributed by atoms with Gasteiger partial charge in [0.25, 0.3) is 0 Å². The number of hydrogen-bond acceptors (Lipinski definition) is 4. The molecular formula is C13H23N3O. The molecule has 0 bridgehead atoms. The van der Waals surface area contributed by atoms with Gasteiger partial charge in [-0.1, -0.05) is 18.6 Å². The van der Waals surface area contributed by atoms with Gasteiger partial charge in [0, 0.05) is 26.2 Å². The van der Waals surface area contributed by atoms with Gasteiger partial charge >= 0.3 is 0 Å². The van der Waals surface area contributed by atoms with Crippen LogP contribution in [0, 0.1) is 17.8 Å². The summed E-state index contributed by atoms with van der Waals surface area (Å²) in [5, 5.41) is 20.2. The second kappa shape index (κ2) is 4.69. The summed E-state index contributed by atoms with van der Waals surface area (Å²) < 4.78 is 0. The van der Waals surface area contributed by atoms with Crippen molar-refractivity contribution >= 4 is 0 Å². The number of β-amino-alcohol motifs (C(OH)–C–C–N with tert-alkyl or cyclic N) is 1. The van der Waals surface area contributed by atoms with Crippen LogP contribution < -0.4 is 16.0 Å². The van der Waals surface area contributed by atoms with Crippen LogP contribution in [0.25, 0.3) is 0 Å². The van der Waals surface area contributed by atoms with Crippen molar-refractivity contribution in [3.63, 3.8) is 0 Å². The first-order valence-electron chi connectivity index (χ1n) is 6.80. The summed E-state index contributed by atoms with van der Waals surface area (Å²) in [5.74, 6) is 1.79. The van der Waals surface area contributed by atoms with E-state index in [0.717, 1.165) is 32.6 Å². The van der Waals surface area contributed by atoms with Crippen LogP contribution in [-0.4, -0.2) is 43.6 Å². The Morgan fingerprint density at radius 2 is 2.06 bits per heavy atom. The van der Waals surface area contributed by atoms with Gasteiger partial charge in [0.2, 0.25) is 0 Å². The van der Waals surface area contributed by atoms with Crippen LogP contribution in [0.15, 0.2) is 11.6 Å². The van der Waals surface area contributed by atoms with Gasteiger partial charge in [-0.15, -0.1) is 0 Å². The maximum atomic E-state index is 9.80. The van der Waals surface area contributed by atoms with E-state index in [1.165, 1.54) is 0 Å². The predicted molar refractivity (Wildman–Crippen MR) is 67.5 cm³/mol. The Labute approximate surface area is 103 Å². The van der Waals surface area contributed by atoms with Crippen LogP contribution in [0.5, 0.6) is 0 Å². The fourth-order valence-corrected chi connectivity index (χ4v) is 3.56. The van der Waals surface area contributed by atoms with Crippen molar-refractivity contribution in [1.82, 2.24) is 16.0 Å². The van der Waals surface area contributed by atoms with Gasteiger partial charge < -0.3 is 15.7 Å². The zero-order valence-corrected chi connectivity index (χ0v) is 10.4. The van der Waals surface area contributed by atoms with E-state index in [4.69, 9.17) is 0 Å².